The summed E-state index contributed by atoms with van der Waals surface area (Å²) in [6.07, 6.45) is 0. The van der Waals surface area contributed by atoms with Crippen LogP contribution in [0.1, 0.15) is 5.56 Å². The summed E-state index contributed by atoms with van der Waals surface area (Å²) >= 11 is 0. The summed E-state index contributed by atoms with van der Waals surface area (Å²) in [5.41, 5.74) is 0.992. The molecule has 0 heterocycles. The van der Waals surface area contributed by atoms with Crippen LogP contribution in [0.4, 0.5) is 0 Å². The summed E-state index contributed by atoms with van der Waals surface area (Å²) in [6.45, 7) is -0.0166. The molecule has 128 valence electrons. The van der Waals surface area contributed by atoms with E-state index in [0.29, 0.717) is 6.54 Å². The molecule has 0 aliphatic heterocycles. The number of likely N-dealkylation sites (N-methyl/N-ethyl adjacent to an activating group) is 1. The molecule has 0 N–H and O–H groups in total. The van der Waals surface area contributed by atoms with Crippen LogP contribution in [0.15, 0.2) is 36.4 Å². The van der Waals surface area contributed by atoms with E-state index < -0.39 is 5.97 Å². The monoisotopic (exact) mass is 331 g/mol. The number of fused-ring (bicyclic) bond motifs is 1. The van der Waals surface area contributed by atoms with Gasteiger partial charge in [-0.15, -0.1) is 0 Å². The minimum absolute atomic E-state index is 0.162. The summed E-state index contributed by atoms with van der Waals surface area (Å²) in [5.74, 6) is -0.0198. The average molecular weight is 331 g/mol. The van der Waals surface area contributed by atoms with Crippen molar-refractivity contribution >= 4 is 22.6 Å². The predicted molar refractivity (Wildman–Crippen MR) is 89.8 cm³/mol. The van der Waals surface area contributed by atoms with Crippen LogP contribution < -0.4 is 4.74 Å². The highest BCUT2D eigenvalue weighted by Crippen LogP contribution is 2.22. The molecule has 2 aromatic rings. The number of esters is 1. The first-order chi connectivity index (χ1) is 11.5. The molecule has 0 saturated carbocycles. The highest BCUT2D eigenvalue weighted by atomic mass is 16.6. The molecule has 0 aliphatic carbocycles. The summed E-state index contributed by atoms with van der Waals surface area (Å²) in [7, 11) is 4.70. The van der Waals surface area contributed by atoms with Crippen LogP contribution in [0, 0.1) is 0 Å². The van der Waals surface area contributed by atoms with Gasteiger partial charge in [-0.1, -0.05) is 18.2 Å². The van der Waals surface area contributed by atoms with E-state index in [1.54, 1.807) is 14.2 Å². The molecule has 0 aromatic heterocycles. The second kappa shape index (κ2) is 8.31. The number of carbonyl (C=O) groups is 2. The first-order valence-electron chi connectivity index (χ1n) is 7.48. The summed E-state index contributed by atoms with van der Waals surface area (Å²) in [6, 6.07) is 11.8. The van der Waals surface area contributed by atoms with Crippen molar-refractivity contribution in [2.75, 3.05) is 34.5 Å². The van der Waals surface area contributed by atoms with Crippen molar-refractivity contribution in [3.8, 4) is 5.75 Å². The van der Waals surface area contributed by atoms with Gasteiger partial charge in [0.2, 0.25) is 0 Å². The van der Waals surface area contributed by atoms with Crippen LogP contribution >= 0.6 is 0 Å². The second-order valence-corrected chi connectivity index (χ2v) is 5.39. The van der Waals surface area contributed by atoms with E-state index in [-0.39, 0.29) is 19.1 Å². The van der Waals surface area contributed by atoms with Gasteiger partial charge in [0.25, 0.3) is 5.91 Å². The first kappa shape index (κ1) is 17.7. The third-order valence-electron chi connectivity index (χ3n) is 3.58. The van der Waals surface area contributed by atoms with Gasteiger partial charge in [0, 0.05) is 20.7 Å². The van der Waals surface area contributed by atoms with Crippen molar-refractivity contribution in [1.29, 1.82) is 0 Å². The van der Waals surface area contributed by atoms with E-state index in [9.17, 15) is 9.59 Å². The van der Waals surface area contributed by atoms with E-state index in [1.807, 2.05) is 36.4 Å². The SMILES string of the molecule is COCC(=O)OCC(=O)N(C)Cc1ccc2cc(OC)ccc2c1. The Kier molecular flexibility index (Phi) is 6.14. The lowest BCUT2D eigenvalue weighted by Crippen LogP contribution is -2.31. The molecule has 0 spiro atoms. The fourth-order valence-electron chi connectivity index (χ4n) is 2.27. The van der Waals surface area contributed by atoms with E-state index in [0.717, 1.165) is 22.1 Å². The summed E-state index contributed by atoms with van der Waals surface area (Å²) in [4.78, 5) is 24.7. The van der Waals surface area contributed by atoms with E-state index in [4.69, 9.17) is 9.47 Å². The van der Waals surface area contributed by atoms with Crippen molar-refractivity contribution < 1.29 is 23.8 Å². The van der Waals surface area contributed by atoms with Crippen molar-refractivity contribution in [3.63, 3.8) is 0 Å². The lowest BCUT2D eigenvalue weighted by molar-refractivity contribution is -0.154. The maximum Gasteiger partial charge on any atom is 0.332 e. The third-order valence-corrected chi connectivity index (χ3v) is 3.58. The van der Waals surface area contributed by atoms with Crippen LogP contribution in [0.5, 0.6) is 5.75 Å². The molecule has 0 aliphatic rings. The minimum atomic E-state index is -0.557. The second-order valence-electron chi connectivity index (χ2n) is 5.39. The number of rotatable bonds is 7. The molecule has 1 amide bonds. The number of benzene rings is 2. The Morgan fingerprint density at radius 2 is 1.71 bits per heavy atom. The lowest BCUT2D eigenvalue weighted by atomic mass is 10.1. The smallest absolute Gasteiger partial charge is 0.332 e. The number of carbonyl (C=O) groups excluding carboxylic acids is 2. The van der Waals surface area contributed by atoms with Gasteiger partial charge < -0.3 is 19.1 Å². The average Bonchev–Trinajstić information content (AvgIpc) is 2.59. The highest BCUT2D eigenvalue weighted by Gasteiger charge is 2.12. The van der Waals surface area contributed by atoms with Gasteiger partial charge in [-0.3, -0.25) is 4.79 Å². The largest absolute Gasteiger partial charge is 0.497 e. The van der Waals surface area contributed by atoms with Gasteiger partial charge >= 0.3 is 5.97 Å². The van der Waals surface area contributed by atoms with Crippen molar-refractivity contribution in [2.45, 2.75) is 6.54 Å². The van der Waals surface area contributed by atoms with Crippen molar-refractivity contribution in [2.24, 2.45) is 0 Å². The Morgan fingerprint density at radius 3 is 2.42 bits per heavy atom. The molecule has 6 heteroatoms. The number of hydrogen-bond donors (Lipinski definition) is 0. The number of amides is 1. The molecule has 0 atom stereocenters. The molecule has 2 aromatic carbocycles. The Bertz CT molecular complexity index is 728. The van der Waals surface area contributed by atoms with Crippen LogP contribution in [0.3, 0.4) is 0 Å². The molecule has 2 rings (SSSR count). The number of methoxy groups -OCH3 is 2. The number of hydrogen-bond acceptors (Lipinski definition) is 5. The standard InChI is InChI=1S/C18H21NO5/c1-19(17(20)11-24-18(21)12-22-2)10-13-4-5-15-9-16(23-3)7-6-14(15)8-13/h4-9H,10-12H2,1-3H3. The van der Waals surface area contributed by atoms with E-state index in [1.165, 1.54) is 12.0 Å². The molecule has 24 heavy (non-hydrogen) atoms. The first-order valence-corrected chi connectivity index (χ1v) is 7.48. The van der Waals surface area contributed by atoms with Gasteiger partial charge in [0.1, 0.15) is 12.4 Å². The quantitative estimate of drug-likeness (QED) is 0.726. The van der Waals surface area contributed by atoms with Gasteiger partial charge in [-0.25, -0.2) is 4.79 Å². The third kappa shape index (κ3) is 4.70. The molecule has 0 bridgehead atoms. The molecular weight excluding hydrogens is 310 g/mol. The van der Waals surface area contributed by atoms with Crippen LogP contribution in [0.25, 0.3) is 10.8 Å². The van der Waals surface area contributed by atoms with Gasteiger partial charge in [-0.2, -0.15) is 0 Å². The van der Waals surface area contributed by atoms with Gasteiger partial charge in [0.05, 0.1) is 7.11 Å². The zero-order chi connectivity index (χ0) is 17.5. The molecule has 6 nitrogen and oxygen atoms in total. The molecule has 0 unspecified atom stereocenters. The topological polar surface area (TPSA) is 65.1 Å². The van der Waals surface area contributed by atoms with Gasteiger partial charge in [-0.05, 0) is 34.5 Å². The fraction of sp³-hybridized carbons (Fsp3) is 0.333. The zero-order valence-electron chi connectivity index (χ0n) is 14.1. The van der Waals surface area contributed by atoms with Crippen LogP contribution in [0.2, 0.25) is 0 Å². The zero-order valence-corrected chi connectivity index (χ0v) is 14.1. The highest BCUT2D eigenvalue weighted by molar-refractivity contribution is 5.85. The molecule has 0 radical (unpaired) electrons. The molecule has 0 fully saturated rings. The van der Waals surface area contributed by atoms with Crippen molar-refractivity contribution in [1.82, 2.24) is 4.90 Å². The Balaban J connectivity index is 1.98. The Morgan fingerprint density at radius 1 is 1.00 bits per heavy atom. The van der Waals surface area contributed by atoms with Crippen LogP contribution in [-0.4, -0.2) is 51.3 Å². The number of nitrogens with zero attached hydrogens (tertiary/aromatic N) is 1. The Hall–Kier alpha value is -2.60. The maximum absolute atomic E-state index is 12.0. The van der Waals surface area contributed by atoms with E-state index in [2.05, 4.69) is 4.74 Å². The summed E-state index contributed by atoms with van der Waals surface area (Å²) in [5, 5.41) is 2.14. The maximum atomic E-state index is 12.0. The summed E-state index contributed by atoms with van der Waals surface area (Å²) < 4.78 is 14.7. The van der Waals surface area contributed by atoms with Crippen LogP contribution in [-0.2, 0) is 25.6 Å². The predicted octanol–water partition coefficient (Wildman–Crippen LogP) is 2.00. The minimum Gasteiger partial charge on any atom is -0.497 e. The van der Waals surface area contributed by atoms with E-state index >= 15 is 0 Å². The van der Waals surface area contributed by atoms with Crippen molar-refractivity contribution in [3.05, 3.63) is 42.0 Å². The lowest BCUT2D eigenvalue weighted by Gasteiger charge is -2.17. The number of ether oxygens (including phenoxy) is 3. The molecular formula is C18H21NO5. The molecule has 0 saturated heterocycles. The normalized spacial score (nSPS) is 10.5. The Labute approximate surface area is 140 Å². The fourth-order valence-corrected chi connectivity index (χ4v) is 2.27. The van der Waals surface area contributed by atoms with Gasteiger partial charge in [0.15, 0.2) is 6.61 Å².